The van der Waals surface area contributed by atoms with Gasteiger partial charge in [-0.3, -0.25) is 4.79 Å². The molecule has 0 atom stereocenters. The first-order chi connectivity index (χ1) is 19.1. The van der Waals surface area contributed by atoms with Crippen LogP contribution in [0.15, 0.2) is 53.5 Å². The van der Waals surface area contributed by atoms with E-state index in [2.05, 4.69) is 45.8 Å². The largest absolute Gasteiger partial charge is 0.443 e. The molecule has 0 bridgehead atoms. The Hall–Kier alpha value is -4.28. The molecule has 1 amide bonds. The van der Waals surface area contributed by atoms with Gasteiger partial charge in [-0.05, 0) is 61.7 Å². The van der Waals surface area contributed by atoms with Gasteiger partial charge in [0.25, 0.3) is 5.91 Å². The molecule has 4 aromatic heterocycles. The molecule has 10 nitrogen and oxygen atoms in total. The van der Waals surface area contributed by atoms with Gasteiger partial charge < -0.3 is 24.7 Å². The minimum Gasteiger partial charge on any atom is -0.443 e. The van der Waals surface area contributed by atoms with E-state index in [1.54, 1.807) is 4.52 Å². The average Bonchev–Trinajstić information content (AvgIpc) is 3.68. The van der Waals surface area contributed by atoms with Crippen molar-refractivity contribution in [2.24, 2.45) is 0 Å². The lowest BCUT2D eigenvalue weighted by Crippen LogP contribution is -2.19. The molecule has 1 fully saturated rings. The minimum atomic E-state index is -0.107. The van der Waals surface area contributed by atoms with Gasteiger partial charge in [0.05, 0.1) is 23.1 Å². The summed E-state index contributed by atoms with van der Waals surface area (Å²) in [6, 6.07) is 10.0. The van der Waals surface area contributed by atoms with Gasteiger partial charge in [-0.15, -0.1) is 0 Å². The molecule has 0 unspecified atom stereocenters. The fourth-order valence-corrected chi connectivity index (χ4v) is 5.83. The lowest BCUT2D eigenvalue weighted by molar-refractivity contribution is 0.0849. The first-order valence-corrected chi connectivity index (χ1v) is 13.2. The van der Waals surface area contributed by atoms with Crippen LogP contribution in [0, 0.1) is 0 Å². The van der Waals surface area contributed by atoms with Crippen molar-refractivity contribution in [2.75, 3.05) is 32.6 Å². The zero-order valence-corrected chi connectivity index (χ0v) is 21.9. The van der Waals surface area contributed by atoms with E-state index in [1.165, 1.54) is 12.0 Å². The lowest BCUT2D eigenvalue weighted by Gasteiger charge is -2.25. The molecular weight excluding hydrogens is 494 g/mol. The zero-order valence-electron chi connectivity index (χ0n) is 21.9. The maximum atomic E-state index is 13.1. The second-order valence-corrected chi connectivity index (χ2v) is 10.4. The van der Waals surface area contributed by atoms with Gasteiger partial charge in [0.2, 0.25) is 0 Å². The molecule has 2 N–H and O–H groups in total. The second kappa shape index (κ2) is 9.48. The molecule has 6 heterocycles. The Morgan fingerprint density at radius 3 is 2.85 bits per heavy atom. The van der Waals surface area contributed by atoms with Crippen LogP contribution in [0.3, 0.4) is 0 Å². The first-order valence-electron chi connectivity index (χ1n) is 13.2. The third-order valence-electron chi connectivity index (χ3n) is 7.64. The van der Waals surface area contributed by atoms with Crippen LogP contribution in [0.5, 0.6) is 0 Å². The molecule has 2 aliphatic heterocycles. The van der Waals surface area contributed by atoms with E-state index in [0.717, 1.165) is 77.5 Å². The highest BCUT2D eigenvalue weighted by Gasteiger charge is 2.28. The van der Waals surface area contributed by atoms with Gasteiger partial charge >= 0.3 is 0 Å². The average molecular weight is 524 g/mol. The topological polar surface area (TPSA) is 110 Å². The highest BCUT2D eigenvalue weighted by Crippen LogP contribution is 2.38. The van der Waals surface area contributed by atoms with Crippen molar-refractivity contribution in [3.8, 4) is 11.1 Å². The molecule has 1 saturated heterocycles. The number of carbonyl (C=O) groups is 1. The van der Waals surface area contributed by atoms with E-state index in [-0.39, 0.29) is 5.91 Å². The maximum Gasteiger partial charge on any atom is 0.254 e. The van der Waals surface area contributed by atoms with Crippen molar-refractivity contribution >= 4 is 34.0 Å². The van der Waals surface area contributed by atoms with Crippen LogP contribution in [0.4, 0.5) is 11.5 Å². The molecular formula is C29H29N7O3. The van der Waals surface area contributed by atoms with Crippen LogP contribution in [0.2, 0.25) is 0 Å². The summed E-state index contributed by atoms with van der Waals surface area (Å²) in [5.41, 5.74) is 8.74. The van der Waals surface area contributed by atoms with Crippen LogP contribution in [-0.2, 0) is 17.8 Å². The Morgan fingerprint density at radius 2 is 2.00 bits per heavy atom. The molecule has 10 heteroatoms. The van der Waals surface area contributed by atoms with E-state index < -0.39 is 0 Å². The molecule has 39 heavy (non-hydrogen) atoms. The number of ether oxygens (including phenoxy) is 1. The normalized spacial score (nSPS) is 15.8. The van der Waals surface area contributed by atoms with Crippen molar-refractivity contribution in [3.05, 3.63) is 71.5 Å². The number of benzene rings is 1. The fraction of sp³-hybridized carbons (Fsp3) is 0.310. The molecule has 2 aliphatic rings. The summed E-state index contributed by atoms with van der Waals surface area (Å²) in [5.74, 6) is 1.06. The van der Waals surface area contributed by atoms with E-state index in [4.69, 9.17) is 14.1 Å². The number of nitrogens with zero attached hydrogens (tertiary/aromatic N) is 5. The number of nitrogens with one attached hydrogen (secondary N) is 2. The molecule has 1 aromatic carbocycles. The highest BCUT2D eigenvalue weighted by atomic mass is 16.5. The van der Waals surface area contributed by atoms with Crippen LogP contribution in [-0.4, -0.2) is 57.7 Å². The summed E-state index contributed by atoms with van der Waals surface area (Å²) in [7, 11) is 4.11. The second-order valence-electron chi connectivity index (χ2n) is 10.4. The van der Waals surface area contributed by atoms with Gasteiger partial charge in [-0.1, -0.05) is 12.1 Å². The summed E-state index contributed by atoms with van der Waals surface area (Å²) in [6.45, 7) is 2.75. The number of carbonyl (C=O) groups excluding carboxylic acids is 1. The number of anilines is 2. The molecule has 0 radical (unpaired) electrons. The van der Waals surface area contributed by atoms with Crippen molar-refractivity contribution in [2.45, 2.75) is 31.8 Å². The Bertz CT molecular complexity index is 1720. The summed E-state index contributed by atoms with van der Waals surface area (Å²) in [4.78, 5) is 24.6. The molecule has 0 saturated carbocycles. The number of rotatable bonds is 6. The predicted octanol–water partition coefficient (Wildman–Crippen LogP) is 4.48. The highest BCUT2D eigenvalue weighted by molar-refractivity contribution is 6.08. The standard InChI is InChI=1S/C29H29N7O3/c1-35(2)15-23-18(17-8-11-38-12-9-17)4-6-25(34-23)33-22-5-3-19(20-13-30-29(37)26(20)22)21-14-32-36-10-7-24-27(28(21)36)31-16-39-24/h3-7,10,14,16-17H,8-9,11-13,15H2,1-2H3,(H,30,37)(H,33,34). The maximum absolute atomic E-state index is 13.1. The van der Waals surface area contributed by atoms with Crippen LogP contribution in [0.25, 0.3) is 27.7 Å². The number of aromatic nitrogens is 4. The lowest BCUT2D eigenvalue weighted by atomic mass is 9.90. The molecule has 5 aromatic rings. The third-order valence-corrected chi connectivity index (χ3v) is 7.64. The van der Waals surface area contributed by atoms with Crippen molar-refractivity contribution in [1.82, 2.24) is 29.8 Å². The Morgan fingerprint density at radius 1 is 1.13 bits per heavy atom. The van der Waals surface area contributed by atoms with Crippen molar-refractivity contribution < 1.29 is 13.9 Å². The monoisotopic (exact) mass is 523 g/mol. The Labute approximate surface area is 225 Å². The van der Waals surface area contributed by atoms with E-state index >= 15 is 0 Å². The third kappa shape index (κ3) is 4.12. The number of amides is 1. The van der Waals surface area contributed by atoms with Gasteiger partial charge in [-0.25, -0.2) is 14.5 Å². The number of hydrogen-bond donors (Lipinski definition) is 2. The summed E-state index contributed by atoms with van der Waals surface area (Å²) in [5, 5.41) is 11.0. The van der Waals surface area contributed by atoms with Crippen LogP contribution < -0.4 is 10.6 Å². The number of hydrogen-bond acceptors (Lipinski definition) is 8. The minimum absolute atomic E-state index is 0.107. The molecule has 0 spiro atoms. The van der Waals surface area contributed by atoms with Crippen molar-refractivity contribution in [1.29, 1.82) is 0 Å². The van der Waals surface area contributed by atoms with Gasteiger partial charge in [0.15, 0.2) is 12.0 Å². The fourth-order valence-electron chi connectivity index (χ4n) is 5.83. The van der Waals surface area contributed by atoms with Gasteiger partial charge in [-0.2, -0.15) is 5.10 Å². The van der Waals surface area contributed by atoms with Gasteiger partial charge in [0.1, 0.15) is 16.9 Å². The quantitative estimate of drug-likeness (QED) is 0.335. The Balaban J connectivity index is 1.28. The van der Waals surface area contributed by atoms with Crippen LogP contribution in [0.1, 0.15) is 45.9 Å². The van der Waals surface area contributed by atoms with Gasteiger partial charge in [0, 0.05) is 44.1 Å². The van der Waals surface area contributed by atoms with Crippen LogP contribution >= 0.6 is 0 Å². The summed E-state index contributed by atoms with van der Waals surface area (Å²) < 4.78 is 12.9. The van der Waals surface area contributed by atoms with E-state index in [1.807, 2.05) is 36.7 Å². The predicted molar refractivity (Wildman–Crippen MR) is 147 cm³/mol. The zero-order chi connectivity index (χ0) is 26.5. The summed E-state index contributed by atoms with van der Waals surface area (Å²) in [6.07, 6.45) is 7.13. The van der Waals surface area contributed by atoms with E-state index in [0.29, 0.717) is 23.6 Å². The molecule has 198 valence electrons. The smallest absolute Gasteiger partial charge is 0.254 e. The molecule has 0 aliphatic carbocycles. The number of pyridine rings is 2. The SMILES string of the molecule is CN(C)Cc1nc(Nc2ccc(-c3cnn4ccc5ocnc5c34)c3c2C(=O)NC3)ccc1C1CCOCC1. The number of oxazole rings is 1. The van der Waals surface area contributed by atoms with E-state index in [9.17, 15) is 4.79 Å². The van der Waals surface area contributed by atoms with Crippen molar-refractivity contribution in [3.63, 3.8) is 0 Å². The number of fused-ring (bicyclic) bond motifs is 4. The molecule has 7 rings (SSSR count). The first kappa shape index (κ1) is 23.8. The summed E-state index contributed by atoms with van der Waals surface area (Å²) >= 11 is 0. The Kier molecular flexibility index (Phi) is 5.79.